The Morgan fingerprint density at radius 1 is 1.03 bits per heavy atom. The lowest BCUT2D eigenvalue weighted by Gasteiger charge is -2.29. The van der Waals surface area contributed by atoms with Gasteiger partial charge in [-0.3, -0.25) is 4.79 Å². The molecular formula is C26H38ClNO4S2. The van der Waals surface area contributed by atoms with E-state index >= 15 is 0 Å². The summed E-state index contributed by atoms with van der Waals surface area (Å²) in [6, 6.07) is 4.34. The van der Waals surface area contributed by atoms with Crippen molar-refractivity contribution in [2.45, 2.75) is 72.4 Å². The summed E-state index contributed by atoms with van der Waals surface area (Å²) in [7, 11) is 0. The van der Waals surface area contributed by atoms with Crippen LogP contribution >= 0.6 is 35.1 Å². The summed E-state index contributed by atoms with van der Waals surface area (Å²) >= 11 is 3.54. The molecule has 2 aromatic heterocycles. The van der Waals surface area contributed by atoms with E-state index in [0.717, 1.165) is 38.9 Å². The number of carboxylic acid groups (broad SMARTS) is 1. The highest BCUT2D eigenvalue weighted by Crippen LogP contribution is 2.37. The van der Waals surface area contributed by atoms with E-state index in [1.54, 1.807) is 22.7 Å². The molecule has 1 saturated heterocycles. The molecule has 0 amide bonds. The van der Waals surface area contributed by atoms with Gasteiger partial charge in [0.2, 0.25) is 0 Å². The van der Waals surface area contributed by atoms with E-state index < -0.39 is 5.97 Å². The second-order valence-electron chi connectivity index (χ2n) is 9.13. The predicted octanol–water partition coefficient (Wildman–Crippen LogP) is 6.70. The van der Waals surface area contributed by atoms with Crippen molar-refractivity contribution in [2.24, 2.45) is 5.92 Å². The Labute approximate surface area is 218 Å². The number of rotatable bonds is 12. The van der Waals surface area contributed by atoms with Crippen LogP contribution in [0.1, 0.15) is 67.8 Å². The van der Waals surface area contributed by atoms with Crippen LogP contribution in [0.4, 0.5) is 0 Å². The van der Waals surface area contributed by atoms with Crippen molar-refractivity contribution in [2.75, 3.05) is 19.6 Å². The van der Waals surface area contributed by atoms with Crippen LogP contribution in [0.5, 0.6) is 0 Å². The summed E-state index contributed by atoms with van der Waals surface area (Å²) in [4.78, 5) is 16.2. The van der Waals surface area contributed by atoms with Gasteiger partial charge in [-0.1, -0.05) is 6.08 Å². The third kappa shape index (κ3) is 8.47. The van der Waals surface area contributed by atoms with Gasteiger partial charge in [0.15, 0.2) is 0 Å². The van der Waals surface area contributed by atoms with E-state index in [2.05, 4.69) is 61.6 Å². The summed E-state index contributed by atoms with van der Waals surface area (Å²) in [5.41, 5.74) is 3.72. The second-order valence-corrected chi connectivity index (χ2v) is 11.0. The van der Waals surface area contributed by atoms with Crippen LogP contribution in [0, 0.1) is 5.92 Å². The molecular weight excluding hydrogens is 490 g/mol. The van der Waals surface area contributed by atoms with Crippen molar-refractivity contribution < 1.29 is 19.4 Å². The van der Waals surface area contributed by atoms with Crippen molar-refractivity contribution >= 4 is 46.6 Å². The van der Waals surface area contributed by atoms with Crippen molar-refractivity contribution in [1.82, 2.24) is 4.90 Å². The van der Waals surface area contributed by atoms with Gasteiger partial charge in [0.1, 0.15) is 0 Å². The van der Waals surface area contributed by atoms with Gasteiger partial charge in [0, 0.05) is 21.9 Å². The highest BCUT2D eigenvalue weighted by atomic mass is 35.5. The minimum Gasteiger partial charge on any atom is -0.481 e. The Kier molecular flexibility index (Phi) is 12.3. The molecule has 0 radical (unpaired) electrons. The standard InChI is InChI=1S/C26H37NO4S2.ClH/c1-18(2)30-16-21-9-14-32-24(21)23(25-22(10-15-33-25)17-31-19(3)4)6-5-11-27-12-7-20(8-13-27)26(28)29;/h6,9-10,14-15,18-20H,5,7-8,11-13,16-17H2,1-4H3,(H,28,29);1H. The predicted molar refractivity (Wildman–Crippen MR) is 144 cm³/mol. The molecule has 2 aromatic rings. The number of aliphatic carboxylic acids is 1. The molecule has 0 unspecified atom stereocenters. The van der Waals surface area contributed by atoms with E-state index in [1.165, 1.54) is 26.5 Å². The number of piperidine rings is 1. The van der Waals surface area contributed by atoms with Crippen molar-refractivity contribution in [1.29, 1.82) is 0 Å². The van der Waals surface area contributed by atoms with Crippen molar-refractivity contribution in [3.8, 4) is 0 Å². The summed E-state index contributed by atoms with van der Waals surface area (Å²) in [6.07, 6.45) is 5.16. The number of hydrogen-bond donors (Lipinski definition) is 1. The van der Waals surface area contributed by atoms with Crippen LogP contribution in [0.2, 0.25) is 0 Å². The average Bonchev–Trinajstić information content (AvgIpc) is 3.43. The van der Waals surface area contributed by atoms with E-state index in [9.17, 15) is 9.90 Å². The zero-order chi connectivity index (χ0) is 23.8. The summed E-state index contributed by atoms with van der Waals surface area (Å²) in [5.74, 6) is -0.837. The first-order valence-electron chi connectivity index (χ1n) is 11.9. The maximum atomic E-state index is 11.2. The Bertz CT molecular complexity index is 861. The molecule has 190 valence electrons. The number of carbonyl (C=O) groups is 1. The van der Waals surface area contributed by atoms with Crippen LogP contribution in [0.25, 0.3) is 5.57 Å². The minimum absolute atomic E-state index is 0. The van der Waals surface area contributed by atoms with Gasteiger partial charge in [0.25, 0.3) is 0 Å². The molecule has 0 atom stereocenters. The van der Waals surface area contributed by atoms with Gasteiger partial charge in [-0.2, -0.15) is 0 Å². The summed E-state index contributed by atoms with van der Waals surface area (Å²) < 4.78 is 11.9. The average molecular weight is 528 g/mol. The first kappa shape index (κ1) is 29.0. The van der Waals surface area contributed by atoms with E-state index in [-0.39, 0.29) is 30.5 Å². The van der Waals surface area contributed by atoms with Gasteiger partial charge >= 0.3 is 5.97 Å². The third-order valence-corrected chi connectivity index (χ3v) is 7.84. The number of ether oxygens (including phenoxy) is 2. The highest BCUT2D eigenvalue weighted by Gasteiger charge is 2.24. The van der Waals surface area contributed by atoms with Crippen molar-refractivity contribution in [3.05, 3.63) is 49.9 Å². The number of halogens is 1. The van der Waals surface area contributed by atoms with Crippen LogP contribution in [0.15, 0.2) is 29.0 Å². The smallest absolute Gasteiger partial charge is 0.306 e. The van der Waals surface area contributed by atoms with Crippen LogP contribution in [-0.2, 0) is 27.5 Å². The first-order chi connectivity index (χ1) is 15.8. The number of likely N-dealkylation sites (tertiary alicyclic amines) is 1. The molecule has 0 aliphatic carbocycles. The zero-order valence-electron chi connectivity index (χ0n) is 20.6. The molecule has 0 aromatic carbocycles. The quantitative estimate of drug-likeness (QED) is 0.333. The lowest BCUT2D eigenvalue weighted by atomic mass is 9.97. The Morgan fingerprint density at radius 3 is 1.97 bits per heavy atom. The summed E-state index contributed by atoms with van der Waals surface area (Å²) in [6.45, 7) is 12.2. The fraction of sp³-hybridized carbons (Fsp3) is 0.577. The molecule has 1 fully saturated rings. The fourth-order valence-electron chi connectivity index (χ4n) is 3.97. The van der Waals surface area contributed by atoms with Crippen LogP contribution in [-0.4, -0.2) is 47.8 Å². The van der Waals surface area contributed by atoms with Gasteiger partial charge in [-0.25, -0.2) is 0 Å². The molecule has 0 saturated carbocycles. The number of thiophene rings is 2. The fourth-order valence-corrected chi connectivity index (χ4v) is 5.95. The molecule has 5 nitrogen and oxygen atoms in total. The maximum Gasteiger partial charge on any atom is 0.306 e. The Morgan fingerprint density at radius 2 is 1.53 bits per heavy atom. The van der Waals surface area contributed by atoms with Crippen molar-refractivity contribution in [3.63, 3.8) is 0 Å². The van der Waals surface area contributed by atoms with Crippen LogP contribution in [0.3, 0.4) is 0 Å². The first-order valence-corrected chi connectivity index (χ1v) is 13.6. The monoisotopic (exact) mass is 527 g/mol. The van der Waals surface area contributed by atoms with Gasteiger partial charge in [0.05, 0.1) is 31.3 Å². The van der Waals surface area contributed by atoms with E-state index in [4.69, 9.17) is 9.47 Å². The normalized spacial score (nSPS) is 15.0. The number of nitrogens with zero attached hydrogens (tertiary/aromatic N) is 1. The van der Waals surface area contributed by atoms with Crippen LogP contribution < -0.4 is 0 Å². The SMILES string of the molecule is CC(C)OCc1ccsc1C(=CCCN1CCC(C(=O)O)CC1)c1sccc1COC(C)C.Cl. The molecule has 1 N–H and O–H groups in total. The minimum atomic E-state index is -0.653. The topological polar surface area (TPSA) is 59.0 Å². The molecule has 0 spiro atoms. The largest absolute Gasteiger partial charge is 0.481 e. The maximum absolute atomic E-state index is 11.2. The molecule has 0 bridgehead atoms. The molecule has 3 rings (SSSR count). The molecule has 3 heterocycles. The number of carboxylic acids is 1. The van der Waals surface area contributed by atoms with E-state index in [1.807, 2.05) is 0 Å². The lowest BCUT2D eigenvalue weighted by molar-refractivity contribution is -0.143. The summed E-state index contributed by atoms with van der Waals surface area (Å²) in [5, 5.41) is 13.5. The van der Waals surface area contributed by atoms with Gasteiger partial charge < -0.3 is 19.5 Å². The second kappa shape index (κ2) is 14.4. The zero-order valence-corrected chi connectivity index (χ0v) is 23.1. The van der Waals surface area contributed by atoms with Gasteiger partial charge in [-0.05, 0) is 94.1 Å². The highest BCUT2D eigenvalue weighted by molar-refractivity contribution is 7.14. The third-order valence-electron chi connectivity index (χ3n) is 5.86. The lowest BCUT2D eigenvalue weighted by Crippen LogP contribution is -2.36. The molecule has 34 heavy (non-hydrogen) atoms. The Hall–Kier alpha value is -1.22. The Balaban J connectivity index is 0.00000408. The van der Waals surface area contributed by atoms with E-state index in [0.29, 0.717) is 13.2 Å². The molecule has 1 aliphatic rings. The molecule has 8 heteroatoms. The number of hydrogen-bond acceptors (Lipinski definition) is 6. The molecule has 1 aliphatic heterocycles. The van der Waals surface area contributed by atoms with Gasteiger partial charge in [-0.15, -0.1) is 35.1 Å².